The van der Waals surface area contributed by atoms with Crippen molar-refractivity contribution in [1.82, 2.24) is 0 Å². The molecule has 1 fully saturated rings. The minimum Gasteiger partial charge on any atom is -0.397 e. The van der Waals surface area contributed by atoms with Gasteiger partial charge in [0.25, 0.3) is 11.7 Å². The lowest BCUT2D eigenvalue weighted by Gasteiger charge is -2.39. The summed E-state index contributed by atoms with van der Waals surface area (Å²) in [6, 6.07) is 5.34. The first-order chi connectivity index (χ1) is 8.45. The maximum Gasteiger partial charge on any atom is 0.289 e. The summed E-state index contributed by atoms with van der Waals surface area (Å²) in [5.41, 5.74) is 7.55. The number of fused-ring (bicyclic) bond motifs is 2. The van der Waals surface area contributed by atoms with E-state index in [4.69, 9.17) is 15.2 Å². The number of nitrogen functional groups attached to an aromatic ring is 1. The maximum absolute atomic E-state index is 12.2. The summed E-state index contributed by atoms with van der Waals surface area (Å²) in [5.74, 6) is -1.62. The third-order valence-corrected chi connectivity index (χ3v) is 3.32. The molecule has 1 saturated heterocycles. The van der Waals surface area contributed by atoms with Gasteiger partial charge in [-0.1, -0.05) is 26.0 Å². The molecule has 18 heavy (non-hydrogen) atoms. The van der Waals surface area contributed by atoms with Crippen LogP contribution in [-0.4, -0.2) is 19.1 Å². The fourth-order valence-electron chi connectivity index (χ4n) is 2.27. The Bertz CT molecular complexity index is 515. The van der Waals surface area contributed by atoms with E-state index in [2.05, 4.69) is 5.32 Å². The Morgan fingerprint density at radius 2 is 1.94 bits per heavy atom. The highest BCUT2D eigenvalue weighted by atomic mass is 16.7. The van der Waals surface area contributed by atoms with Crippen LogP contribution in [0.25, 0.3) is 0 Å². The van der Waals surface area contributed by atoms with E-state index in [0.29, 0.717) is 30.2 Å². The smallest absolute Gasteiger partial charge is 0.289 e. The second kappa shape index (κ2) is 3.46. The summed E-state index contributed by atoms with van der Waals surface area (Å²) < 4.78 is 11.5. The van der Waals surface area contributed by atoms with Crippen LogP contribution in [-0.2, 0) is 20.1 Å². The van der Waals surface area contributed by atoms with Gasteiger partial charge in [-0.3, -0.25) is 4.79 Å². The molecule has 0 atom stereocenters. The Morgan fingerprint density at radius 3 is 2.61 bits per heavy atom. The number of ether oxygens (including phenoxy) is 2. The number of amides is 1. The molecule has 96 valence electrons. The first-order valence-corrected chi connectivity index (χ1v) is 5.93. The van der Waals surface area contributed by atoms with Crippen molar-refractivity contribution in [1.29, 1.82) is 0 Å². The van der Waals surface area contributed by atoms with Crippen molar-refractivity contribution in [3.8, 4) is 0 Å². The molecule has 0 bridgehead atoms. The summed E-state index contributed by atoms with van der Waals surface area (Å²) in [5, 5.41) is 2.74. The lowest BCUT2D eigenvalue weighted by atomic mass is 9.93. The molecule has 3 rings (SSSR count). The van der Waals surface area contributed by atoms with Gasteiger partial charge < -0.3 is 20.5 Å². The van der Waals surface area contributed by atoms with Crippen molar-refractivity contribution in [2.24, 2.45) is 5.41 Å². The number of benzene rings is 1. The molecule has 0 aromatic heterocycles. The average Bonchev–Trinajstić information content (AvgIpc) is 2.59. The quantitative estimate of drug-likeness (QED) is 0.681. The lowest BCUT2D eigenvalue weighted by molar-refractivity contribution is -0.285. The van der Waals surface area contributed by atoms with Crippen LogP contribution in [0.3, 0.4) is 0 Å². The highest BCUT2D eigenvalue weighted by Crippen LogP contribution is 2.46. The predicted octanol–water partition coefficient (Wildman–Crippen LogP) is 1.45. The number of nitrogens with two attached hydrogens (primary N) is 1. The highest BCUT2D eigenvalue weighted by Gasteiger charge is 2.54. The molecule has 2 aliphatic rings. The number of carbonyl (C=O) groups is 1. The molecular formula is C13H16N2O3. The fourth-order valence-corrected chi connectivity index (χ4v) is 2.27. The molecule has 0 saturated carbocycles. The van der Waals surface area contributed by atoms with Crippen molar-refractivity contribution >= 4 is 17.3 Å². The van der Waals surface area contributed by atoms with Gasteiger partial charge in [0.15, 0.2) is 0 Å². The van der Waals surface area contributed by atoms with Crippen LogP contribution >= 0.6 is 0 Å². The normalized spacial score (nSPS) is 23.8. The fraction of sp³-hybridized carbons (Fsp3) is 0.462. The van der Waals surface area contributed by atoms with Gasteiger partial charge in [-0.25, -0.2) is 0 Å². The largest absolute Gasteiger partial charge is 0.397 e. The Morgan fingerprint density at radius 1 is 1.28 bits per heavy atom. The SMILES string of the molecule is CC1(C)COC2(OC1)C(=O)Nc1c(N)cccc12. The third-order valence-electron chi connectivity index (χ3n) is 3.32. The number of rotatable bonds is 0. The van der Waals surface area contributed by atoms with Crippen LogP contribution in [0.1, 0.15) is 19.4 Å². The lowest BCUT2D eigenvalue weighted by Crippen LogP contribution is -2.49. The number of anilines is 2. The Kier molecular flexibility index (Phi) is 2.21. The van der Waals surface area contributed by atoms with Crippen LogP contribution in [0.15, 0.2) is 18.2 Å². The van der Waals surface area contributed by atoms with Crippen LogP contribution in [0.2, 0.25) is 0 Å². The number of para-hydroxylation sites is 1. The number of hydrogen-bond acceptors (Lipinski definition) is 4. The van der Waals surface area contributed by atoms with Crippen LogP contribution in [0.4, 0.5) is 11.4 Å². The van der Waals surface area contributed by atoms with E-state index in [-0.39, 0.29) is 11.3 Å². The minimum absolute atomic E-state index is 0.0887. The van der Waals surface area contributed by atoms with Gasteiger partial charge in [0.05, 0.1) is 24.6 Å². The molecule has 0 unspecified atom stereocenters. The average molecular weight is 248 g/mol. The third kappa shape index (κ3) is 1.44. The first-order valence-electron chi connectivity index (χ1n) is 5.93. The van der Waals surface area contributed by atoms with Crippen LogP contribution < -0.4 is 11.1 Å². The monoisotopic (exact) mass is 248 g/mol. The van der Waals surface area contributed by atoms with E-state index in [0.717, 1.165) is 0 Å². The summed E-state index contributed by atoms with van der Waals surface area (Å²) in [4.78, 5) is 12.2. The molecule has 5 heteroatoms. The molecule has 1 aromatic carbocycles. The molecule has 5 nitrogen and oxygen atoms in total. The summed E-state index contributed by atoms with van der Waals surface area (Å²) in [7, 11) is 0. The Labute approximate surface area is 105 Å². The van der Waals surface area contributed by atoms with Gasteiger partial charge in [-0.05, 0) is 6.07 Å². The van der Waals surface area contributed by atoms with E-state index in [1.165, 1.54) is 0 Å². The van der Waals surface area contributed by atoms with Crippen LogP contribution in [0, 0.1) is 5.41 Å². The molecule has 1 spiro atoms. The molecule has 1 aromatic rings. The van der Waals surface area contributed by atoms with Crippen molar-refractivity contribution < 1.29 is 14.3 Å². The molecule has 2 heterocycles. The summed E-state index contributed by atoms with van der Waals surface area (Å²) >= 11 is 0. The van der Waals surface area contributed by atoms with Crippen molar-refractivity contribution in [2.45, 2.75) is 19.6 Å². The molecule has 2 aliphatic heterocycles. The van der Waals surface area contributed by atoms with Gasteiger partial charge in [0.1, 0.15) is 0 Å². The Balaban J connectivity index is 2.05. The van der Waals surface area contributed by atoms with Gasteiger partial charge >= 0.3 is 0 Å². The zero-order valence-corrected chi connectivity index (χ0v) is 10.4. The van der Waals surface area contributed by atoms with Crippen molar-refractivity contribution in [3.63, 3.8) is 0 Å². The van der Waals surface area contributed by atoms with E-state index in [9.17, 15) is 4.79 Å². The van der Waals surface area contributed by atoms with Crippen molar-refractivity contribution in [2.75, 3.05) is 24.3 Å². The predicted molar refractivity (Wildman–Crippen MR) is 66.8 cm³/mol. The number of nitrogens with one attached hydrogen (secondary N) is 1. The second-order valence-corrected chi connectivity index (χ2v) is 5.58. The minimum atomic E-state index is -1.32. The summed E-state index contributed by atoms with van der Waals surface area (Å²) in [6.45, 7) is 5.00. The van der Waals surface area contributed by atoms with Gasteiger partial charge in [-0.2, -0.15) is 0 Å². The molecule has 0 aliphatic carbocycles. The molecular weight excluding hydrogens is 232 g/mol. The first kappa shape index (κ1) is 11.5. The van der Waals surface area contributed by atoms with Gasteiger partial charge in [0.2, 0.25) is 0 Å². The van der Waals surface area contributed by atoms with E-state index < -0.39 is 5.79 Å². The molecule has 0 radical (unpaired) electrons. The zero-order valence-electron chi connectivity index (χ0n) is 10.4. The van der Waals surface area contributed by atoms with Gasteiger partial charge in [0, 0.05) is 11.0 Å². The summed E-state index contributed by atoms with van der Waals surface area (Å²) in [6.07, 6.45) is 0. The van der Waals surface area contributed by atoms with Gasteiger partial charge in [-0.15, -0.1) is 0 Å². The van der Waals surface area contributed by atoms with Crippen molar-refractivity contribution in [3.05, 3.63) is 23.8 Å². The number of carbonyl (C=O) groups excluding carboxylic acids is 1. The van der Waals surface area contributed by atoms with E-state index in [1.54, 1.807) is 12.1 Å². The van der Waals surface area contributed by atoms with E-state index >= 15 is 0 Å². The van der Waals surface area contributed by atoms with Crippen LogP contribution in [0.5, 0.6) is 0 Å². The maximum atomic E-state index is 12.2. The molecule has 1 amide bonds. The second-order valence-electron chi connectivity index (χ2n) is 5.58. The molecule has 3 N–H and O–H groups in total. The zero-order chi connectivity index (χ0) is 13.0. The highest BCUT2D eigenvalue weighted by molar-refractivity contribution is 6.06. The van der Waals surface area contributed by atoms with E-state index in [1.807, 2.05) is 19.9 Å². The topological polar surface area (TPSA) is 73.6 Å². The standard InChI is InChI=1S/C13H16N2O3/c1-12(2)6-17-13(18-7-12)8-4-3-5-9(14)10(8)15-11(13)16/h3-5H,6-7,14H2,1-2H3,(H,15,16). The Hall–Kier alpha value is -1.59. The number of hydrogen-bond donors (Lipinski definition) is 2.